The summed E-state index contributed by atoms with van der Waals surface area (Å²) in [7, 11) is -2.02. The standard InChI is InChI=1S/C14H17N3O3S/c1-10-8-12(5-6-13(10)20-2)21(18,19)17-7-3-4-11-9-15-16-14(11)17/h5-6,8-9H,3-4,7H2,1-2H3,(H,15,16). The Bertz CT molecular complexity index is 768. The molecule has 6 nitrogen and oxygen atoms in total. The molecule has 1 aromatic heterocycles. The van der Waals surface area contributed by atoms with Crippen LogP contribution in [0.15, 0.2) is 29.3 Å². The minimum absolute atomic E-state index is 0.267. The van der Waals surface area contributed by atoms with E-state index in [2.05, 4.69) is 10.2 Å². The highest BCUT2D eigenvalue weighted by atomic mass is 32.2. The highest BCUT2D eigenvalue weighted by molar-refractivity contribution is 7.92. The molecule has 2 aromatic rings. The van der Waals surface area contributed by atoms with Crippen molar-refractivity contribution in [2.45, 2.75) is 24.7 Å². The average molecular weight is 307 g/mol. The van der Waals surface area contributed by atoms with Crippen LogP contribution in [-0.4, -0.2) is 32.3 Å². The van der Waals surface area contributed by atoms with Crippen molar-refractivity contribution in [1.82, 2.24) is 10.2 Å². The van der Waals surface area contributed by atoms with Crippen LogP contribution >= 0.6 is 0 Å². The molecule has 0 amide bonds. The van der Waals surface area contributed by atoms with Gasteiger partial charge in [0.15, 0.2) is 0 Å². The van der Waals surface area contributed by atoms with Crippen LogP contribution in [0.4, 0.5) is 5.82 Å². The molecule has 1 aliphatic heterocycles. The van der Waals surface area contributed by atoms with Crippen LogP contribution in [0.25, 0.3) is 0 Å². The van der Waals surface area contributed by atoms with Gasteiger partial charge in [0.05, 0.1) is 18.2 Å². The van der Waals surface area contributed by atoms with Crippen molar-refractivity contribution in [3.05, 3.63) is 35.5 Å². The van der Waals surface area contributed by atoms with Gasteiger partial charge in [0.25, 0.3) is 10.0 Å². The molecule has 0 radical (unpaired) electrons. The van der Waals surface area contributed by atoms with Crippen molar-refractivity contribution in [3.8, 4) is 5.75 Å². The van der Waals surface area contributed by atoms with Crippen LogP contribution in [-0.2, 0) is 16.4 Å². The first-order valence-electron chi connectivity index (χ1n) is 6.73. The molecule has 0 fully saturated rings. The summed E-state index contributed by atoms with van der Waals surface area (Å²) >= 11 is 0. The predicted molar refractivity (Wildman–Crippen MR) is 79.2 cm³/mol. The van der Waals surface area contributed by atoms with Crippen LogP contribution in [0, 0.1) is 6.92 Å². The predicted octanol–water partition coefficient (Wildman–Crippen LogP) is 1.87. The van der Waals surface area contributed by atoms with Gasteiger partial charge in [-0.3, -0.25) is 5.10 Å². The third-order valence-electron chi connectivity index (χ3n) is 3.71. The number of fused-ring (bicyclic) bond motifs is 1. The van der Waals surface area contributed by atoms with Gasteiger partial charge < -0.3 is 4.74 Å². The molecule has 112 valence electrons. The first-order valence-corrected chi connectivity index (χ1v) is 8.17. The number of anilines is 1. The Kier molecular flexibility index (Phi) is 3.36. The topological polar surface area (TPSA) is 75.3 Å². The van der Waals surface area contributed by atoms with E-state index in [1.807, 2.05) is 6.92 Å². The van der Waals surface area contributed by atoms with Gasteiger partial charge in [-0.1, -0.05) is 0 Å². The van der Waals surface area contributed by atoms with E-state index in [0.29, 0.717) is 18.1 Å². The Balaban J connectivity index is 2.04. The lowest BCUT2D eigenvalue weighted by Crippen LogP contribution is -2.35. The van der Waals surface area contributed by atoms with E-state index >= 15 is 0 Å². The van der Waals surface area contributed by atoms with E-state index in [9.17, 15) is 8.42 Å². The zero-order valence-corrected chi connectivity index (χ0v) is 12.8. The minimum atomic E-state index is -3.59. The van der Waals surface area contributed by atoms with Crippen molar-refractivity contribution >= 4 is 15.8 Å². The van der Waals surface area contributed by atoms with Gasteiger partial charge in [0, 0.05) is 12.1 Å². The third-order valence-corrected chi connectivity index (χ3v) is 5.50. The third kappa shape index (κ3) is 2.27. The molecule has 0 spiro atoms. The zero-order valence-electron chi connectivity index (χ0n) is 12.0. The number of ether oxygens (including phenoxy) is 1. The second-order valence-electron chi connectivity index (χ2n) is 5.06. The number of benzene rings is 1. The van der Waals surface area contributed by atoms with E-state index < -0.39 is 10.0 Å². The Hall–Kier alpha value is -2.02. The molecular weight excluding hydrogens is 290 g/mol. The molecule has 7 heteroatoms. The summed E-state index contributed by atoms with van der Waals surface area (Å²) in [4.78, 5) is 0.267. The molecule has 0 bridgehead atoms. The smallest absolute Gasteiger partial charge is 0.265 e. The highest BCUT2D eigenvalue weighted by Gasteiger charge is 2.30. The number of aromatic nitrogens is 2. The second-order valence-corrected chi connectivity index (χ2v) is 6.92. The number of hydrogen-bond acceptors (Lipinski definition) is 4. The van der Waals surface area contributed by atoms with Crippen molar-refractivity contribution in [2.24, 2.45) is 0 Å². The number of H-pyrrole nitrogens is 1. The van der Waals surface area contributed by atoms with Crippen LogP contribution in [0.5, 0.6) is 5.75 Å². The molecule has 21 heavy (non-hydrogen) atoms. The molecule has 0 aliphatic carbocycles. The lowest BCUT2D eigenvalue weighted by Gasteiger charge is -2.27. The van der Waals surface area contributed by atoms with Crippen LogP contribution in [0.2, 0.25) is 0 Å². The average Bonchev–Trinajstić information content (AvgIpc) is 2.95. The lowest BCUT2D eigenvalue weighted by atomic mass is 10.1. The Labute approximate surface area is 123 Å². The maximum Gasteiger partial charge on any atom is 0.265 e. The molecule has 0 unspecified atom stereocenters. The summed E-state index contributed by atoms with van der Waals surface area (Å²) in [5.74, 6) is 1.25. The first kappa shape index (κ1) is 13.9. The van der Waals surface area contributed by atoms with Gasteiger partial charge in [-0.05, 0) is 43.5 Å². The van der Waals surface area contributed by atoms with Crippen molar-refractivity contribution < 1.29 is 13.2 Å². The Morgan fingerprint density at radius 3 is 2.90 bits per heavy atom. The molecule has 2 heterocycles. The van der Waals surface area contributed by atoms with Gasteiger partial charge in [-0.2, -0.15) is 5.10 Å². The quantitative estimate of drug-likeness (QED) is 0.939. The molecular formula is C14H17N3O3S. The van der Waals surface area contributed by atoms with E-state index in [-0.39, 0.29) is 4.90 Å². The van der Waals surface area contributed by atoms with Gasteiger partial charge in [-0.25, -0.2) is 12.7 Å². The van der Waals surface area contributed by atoms with Gasteiger partial charge in [0.1, 0.15) is 11.6 Å². The highest BCUT2D eigenvalue weighted by Crippen LogP contribution is 2.31. The summed E-state index contributed by atoms with van der Waals surface area (Å²) in [6.07, 6.45) is 3.33. The largest absolute Gasteiger partial charge is 0.496 e. The fourth-order valence-electron chi connectivity index (χ4n) is 2.61. The normalized spacial score (nSPS) is 14.9. The maximum atomic E-state index is 12.8. The van der Waals surface area contributed by atoms with Crippen molar-refractivity contribution in [3.63, 3.8) is 0 Å². The molecule has 3 rings (SSSR count). The van der Waals surface area contributed by atoms with Crippen LogP contribution < -0.4 is 9.04 Å². The Morgan fingerprint density at radius 2 is 2.19 bits per heavy atom. The number of methoxy groups -OCH3 is 1. The summed E-state index contributed by atoms with van der Waals surface area (Å²) in [6, 6.07) is 4.89. The van der Waals surface area contributed by atoms with Gasteiger partial charge >= 0.3 is 0 Å². The first-order chi connectivity index (χ1) is 10.0. The number of nitrogens with one attached hydrogen (secondary N) is 1. The van der Waals surface area contributed by atoms with E-state index in [1.165, 1.54) is 4.31 Å². The van der Waals surface area contributed by atoms with E-state index in [0.717, 1.165) is 24.0 Å². The SMILES string of the molecule is COc1ccc(S(=O)(=O)N2CCCc3cn[nH]c32)cc1C. The summed E-state index contributed by atoms with van der Waals surface area (Å²) in [6.45, 7) is 2.29. The molecule has 0 saturated carbocycles. The molecule has 0 atom stereocenters. The number of aromatic amines is 1. The Morgan fingerprint density at radius 1 is 1.38 bits per heavy atom. The van der Waals surface area contributed by atoms with E-state index in [1.54, 1.807) is 31.5 Å². The molecule has 1 aliphatic rings. The fraction of sp³-hybridized carbons (Fsp3) is 0.357. The number of sulfonamides is 1. The minimum Gasteiger partial charge on any atom is -0.496 e. The molecule has 1 aromatic carbocycles. The summed E-state index contributed by atoms with van der Waals surface area (Å²) in [5, 5.41) is 6.75. The van der Waals surface area contributed by atoms with Crippen LogP contribution in [0.3, 0.4) is 0 Å². The number of aryl methyl sites for hydroxylation is 2. The zero-order chi connectivity index (χ0) is 15.0. The van der Waals surface area contributed by atoms with E-state index in [4.69, 9.17) is 4.74 Å². The summed E-state index contributed by atoms with van der Waals surface area (Å²) < 4.78 is 32.3. The molecule has 1 N–H and O–H groups in total. The monoisotopic (exact) mass is 307 g/mol. The lowest BCUT2D eigenvalue weighted by molar-refractivity contribution is 0.411. The number of rotatable bonds is 3. The van der Waals surface area contributed by atoms with Crippen LogP contribution in [0.1, 0.15) is 17.5 Å². The number of nitrogens with zero attached hydrogens (tertiary/aromatic N) is 2. The van der Waals surface area contributed by atoms with Gasteiger partial charge in [0.2, 0.25) is 0 Å². The molecule has 0 saturated heterocycles. The van der Waals surface area contributed by atoms with Crippen molar-refractivity contribution in [2.75, 3.05) is 18.0 Å². The maximum absolute atomic E-state index is 12.8. The fourth-order valence-corrected chi connectivity index (χ4v) is 4.20. The number of hydrogen-bond donors (Lipinski definition) is 1. The second kappa shape index (κ2) is 5.07. The van der Waals surface area contributed by atoms with Crippen molar-refractivity contribution in [1.29, 1.82) is 0 Å². The van der Waals surface area contributed by atoms with Gasteiger partial charge in [-0.15, -0.1) is 0 Å². The summed E-state index contributed by atoms with van der Waals surface area (Å²) in [5.41, 5.74) is 1.73.